The van der Waals surface area contributed by atoms with Gasteiger partial charge < -0.3 is 10.2 Å². The highest BCUT2D eigenvalue weighted by Crippen LogP contribution is 2.21. The molecule has 0 aliphatic carbocycles. The van der Waals surface area contributed by atoms with Crippen molar-refractivity contribution in [3.63, 3.8) is 0 Å². The average Bonchev–Trinajstić information content (AvgIpc) is 2.39. The summed E-state index contributed by atoms with van der Waals surface area (Å²) in [5.74, 6) is 0.186. The van der Waals surface area contributed by atoms with Crippen molar-refractivity contribution in [3.8, 4) is 11.8 Å². The predicted octanol–water partition coefficient (Wildman–Crippen LogP) is 2.54. The van der Waals surface area contributed by atoms with Crippen LogP contribution in [0.4, 0.5) is 0 Å². The van der Waals surface area contributed by atoms with Crippen LogP contribution in [-0.4, -0.2) is 10.2 Å². The molecule has 3 heteroatoms. The molecule has 0 bridgehead atoms. The zero-order chi connectivity index (χ0) is 13.0. The average molecular weight is 239 g/mol. The van der Waals surface area contributed by atoms with Gasteiger partial charge in [-0.05, 0) is 35.4 Å². The highest BCUT2D eigenvalue weighted by atomic mass is 16.3. The maximum Gasteiger partial charge on any atom is 0.115 e. The molecule has 0 saturated carbocycles. The van der Waals surface area contributed by atoms with Crippen molar-refractivity contribution >= 4 is 0 Å². The minimum atomic E-state index is -0.680. The molecule has 1 atom stereocenters. The second-order valence-corrected chi connectivity index (χ2v) is 4.13. The van der Waals surface area contributed by atoms with E-state index in [0.717, 1.165) is 5.56 Å². The van der Waals surface area contributed by atoms with Crippen LogP contribution in [0.1, 0.15) is 22.8 Å². The number of nitrogens with zero attached hydrogens (tertiary/aromatic N) is 1. The maximum atomic E-state index is 10.1. The Kier molecular flexibility index (Phi) is 3.61. The Labute approximate surface area is 106 Å². The standard InChI is InChI=1S/C15H13NO2/c16-10-12-4-1-5-13(7-12)15(18)9-11-3-2-6-14(17)8-11/h1-8,15,17-18H,9H2. The van der Waals surface area contributed by atoms with Crippen LogP contribution in [0.2, 0.25) is 0 Å². The molecule has 0 aliphatic heterocycles. The normalized spacial score (nSPS) is 11.8. The molecular weight excluding hydrogens is 226 g/mol. The molecule has 0 spiro atoms. The summed E-state index contributed by atoms with van der Waals surface area (Å²) < 4.78 is 0. The number of aromatic hydroxyl groups is 1. The number of rotatable bonds is 3. The van der Waals surface area contributed by atoms with Gasteiger partial charge in [0.05, 0.1) is 17.7 Å². The van der Waals surface area contributed by atoms with Gasteiger partial charge in [0, 0.05) is 6.42 Å². The van der Waals surface area contributed by atoms with E-state index < -0.39 is 6.10 Å². The molecule has 18 heavy (non-hydrogen) atoms. The Morgan fingerprint density at radius 3 is 2.61 bits per heavy atom. The fourth-order valence-electron chi connectivity index (χ4n) is 1.84. The third-order valence-corrected chi connectivity index (χ3v) is 2.74. The van der Waals surface area contributed by atoms with E-state index in [4.69, 9.17) is 5.26 Å². The van der Waals surface area contributed by atoms with E-state index in [0.29, 0.717) is 17.5 Å². The van der Waals surface area contributed by atoms with E-state index in [1.807, 2.05) is 12.1 Å². The van der Waals surface area contributed by atoms with Gasteiger partial charge in [-0.25, -0.2) is 0 Å². The van der Waals surface area contributed by atoms with Gasteiger partial charge >= 0.3 is 0 Å². The molecule has 2 aromatic carbocycles. The lowest BCUT2D eigenvalue weighted by Crippen LogP contribution is -2.02. The monoisotopic (exact) mass is 239 g/mol. The Hall–Kier alpha value is -2.31. The quantitative estimate of drug-likeness (QED) is 0.865. The van der Waals surface area contributed by atoms with Crippen LogP contribution in [0.25, 0.3) is 0 Å². The molecule has 90 valence electrons. The Balaban J connectivity index is 2.17. The predicted molar refractivity (Wildman–Crippen MR) is 67.9 cm³/mol. The molecule has 0 saturated heterocycles. The van der Waals surface area contributed by atoms with E-state index >= 15 is 0 Å². The van der Waals surface area contributed by atoms with Crippen molar-refractivity contribution < 1.29 is 10.2 Å². The number of phenolic OH excluding ortho intramolecular Hbond substituents is 1. The van der Waals surface area contributed by atoms with E-state index in [1.54, 1.807) is 42.5 Å². The van der Waals surface area contributed by atoms with Gasteiger partial charge in [-0.1, -0.05) is 24.3 Å². The zero-order valence-corrected chi connectivity index (χ0v) is 9.74. The Bertz CT molecular complexity index is 587. The van der Waals surface area contributed by atoms with E-state index in [-0.39, 0.29) is 5.75 Å². The number of phenols is 1. The number of benzene rings is 2. The van der Waals surface area contributed by atoms with Crippen LogP contribution >= 0.6 is 0 Å². The summed E-state index contributed by atoms with van der Waals surface area (Å²) in [5, 5.41) is 28.3. The van der Waals surface area contributed by atoms with Crippen LogP contribution in [-0.2, 0) is 6.42 Å². The fourth-order valence-corrected chi connectivity index (χ4v) is 1.84. The molecule has 0 radical (unpaired) electrons. The van der Waals surface area contributed by atoms with Gasteiger partial charge in [-0.15, -0.1) is 0 Å². The third kappa shape index (κ3) is 2.88. The minimum absolute atomic E-state index is 0.186. The molecule has 1 unspecified atom stereocenters. The second kappa shape index (κ2) is 5.35. The SMILES string of the molecule is N#Cc1cccc(C(O)Cc2cccc(O)c2)c1. The Morgan fingerprint density at radius 1 is 1.11 bits per heavy atom. The summed E-state index contributed by atoms with van der Waals surface area (Å²) >= 11 is 0. The highest BCUT2D eigenvalue weighted by molar-refractivity contribution is 5.35. The van der Waals surface area contributed by atoms with Gasteiger partial charge in [-0.2, -0.15) is 5.26 Å². The van der Waals surface area contributed by atoms with Gasteiger partial charge in [0.2, 0.25) is 0 Å². The van der Waals surface area contributed by atoms with Crippen molar-refractivity contribution in [2.75, 3.05) is 0 Å². The second-order valence-electron chi connectivity index (χ2n) is 4.13. The van der Waals surface area contributed by atoms with Gasteiger partial charge in [0.15, 0.2) is 0 Å². The molecule has 2 rings (SSSR count). The van der Waals surface area contributed by atoms with Crippen LogP contribution in [0.3, 0.4) is 0 Å². The summed E-state index contributed by atoms with van der Waals surface area (Å²) in [6, 6.07) is 15.7. The first-order chi connectivity index (χ1) is 8.69. The van der Waals surface area contributed by atoms with Crippen molar-refractivity contribution in [2.45, 2.75) is 12.5 Å². The summed E-state index contributed by atoms with van der Waals surface area (Å²) in [6.07, 6.45) is -0.274. The number of nitriles is 1. The molecule has 0 aliphatic rings. The molecule has 2 N–H and O–H groups in total. The zero-order valence-electron chi connectivity index (χ0n) is 9.74. The lowest BCUT2D eigenvalue weighted by Gasteiger charge is -2.11. The van der Waals surface area contributed by atoms with Crippen LogP contribution < -0.4 is 0 Å². The summed E-state index contributed by atoms with van der Waals surface area (Å²) in [4.78, 5) is 0. The largest absolute Gasteiger partial charge is 0.508 e. The molecule has 0 amide bonds. The summed E-state index contributed by atoms with van der Waals surface area (Å²) in [7, 11) is 0. The van der Waals surface area contributed by atoms with Gasteiger partial charge in [0.1, 0.15) is 5.75 Å². The molecule has 0 fully saturated rings. The minimum Gasteiger partial charge on any atom is -0.508 e. The topological polar surface area (TPSA) is 64.2 Å². The van der Waals surface area contributed by atoms with Gasteiger partial charge in [-0.3, -0.25) is 0 Å². The summed E-state index contributed by atoms with van der Waals surface area (Å²) in [6.45, 7) is 0. The van der Waals surface area contributed by atoms with Crippen LogP contribution in [0.5, 0.6) is 5.75 Å². The number of hydrogen-bond acceptors (Lipinski definition) is 3. The van der Waals surface area contributed by atoms with Crippen molar-refractivity contribution in [1.29, 1.82) is 5.26 Å². The lowest BCUT2D eigenvalue weighted by atomic mass is 10.00. The maximum absolute atomic E-state index is 10.1. The molecule has 3 nitrogen and oxygen atoms in total. The van der Waals surface area contributed by atoms with Crippen molar-refractivity contribution in [1.82, 2.24) is 0 Å². The molecular formula is C15H13NO2. The fraction of sp³-hybridized carbons (Fsp3) is 0.133. The number of aliphatic hydroxyl groups excluding tert-OH is 1. The first-order valence-corrected chi connectivity index (χ1v) is 5.65. The van der Waals surface area contributed by atoms with Crippen LogP contribution in [0.15, 0.2) is 48.5 Å². The smallest absolute Gasteiger partial charge is 0.115 e. The van der Waals surface area contributed by atoms with Crippen molar-refractivity contribution in [3.05, 3.63) is 65.2 Å². The number of hydrogen-bond donors (Lipinski definition) is 2. The van der Waals surface area contributed by atoms with Crippen molar-refractivity contribution in [2.24, 2.45) is 0 Å². The van der Waals surface area contributed by atoms with E-state index in [1.165, 1.54) is 0 Å². The highest BCUT2D eigenvalue weighted by Gasteiger charge is 2.09. The first kappa shape index (κ1) is 12.2. The van der Waals surface area contributed by atoms with Gasteiger partial charge in [0.25, 0.3) is 0 Å². The molecule has 2 aromatic rings. The summed E-state index contributed by atoms with van der Waals surface area (Å²) in [5.41, 5.74) is 2.09. The lowest BCUT2D eigenvalue weighted by molar-refractivity contribution is 0.178. The van der Waals surface area contributed by atoms with E-state index in [2.05, 4.69) is 0 Å². The Morgan fingerprint density at radius 2 is 1.89 bits per heavy atom. The first-order valence-electron chi connectivity index (χ1n) is 5.65. The van der Waals surface area contributed by atoms with Crippen LogP contribution in [0, 0.1) is 11.3 Å². The third-order valence-electron chi connectivity index (χ3n) is 2.74. The molecule has 0 heterocycles. The molecule has 0 aromatic heterocycles. The van der Waals surface area contributed by atoms with E-state index in [9.17, 15) is 10.2 Å². The number of aliphatic hydroxyl groups is 1.